The van der Waals surface area contributed by atoms with Crippen molar-refractivity contribution in [1.29, 1.82) is 5.26 Å². The zero-order valence-electron chi connectivity index (χ0n) is 6.60. The van der Waals surface area contributed by atoms with Crippen molar-refractivity contribution in [1.82, 2.24) is 0 Å². The third kappa shape index (κ3) is 2.36. The fourth-order valence-corrected chi connectivity index (χ4v) is 0.816. The second kappa shape index (κ2) is 3.54. The summed E-state index contributed by atoms with van der Waals surface area (Å²) in [5, 5.41) is 8.38. The number of alkyl halides is 3. The lowest BCUT2D eigenvalue weighted by atomic mass is 10.2. The van der Waals surface area contributed by atoms with Gasteiger partial charge in [-0.05, 0) is 12.1 Å². The summed E-state index contributed by atoms with van der Waals surface area (Å²) in [4.78, 5) is 0. The SMILES string of the molecule is N#Cc1cccc(F)c1OC(F)(F)F. The average Bonchev–Trinajstić information content (AvgIpc) is 2.06. The standard InChI is InChI=1S/C8H3F4NO/c9-6-3-1-2-5(4-13)7(6)14-8(10,11)12/h1-3H. The van der Waals surface area contributed by atoms with Gasteiger partial charge in [-0.3, -0.25) is 0 Å². The van der Waals surface area contributed by atoms with E-state index in [0.717, 1.165) is 18.2 Å². The average molecular weight is 205 g/mol. The van der Waals surface area contributed by atoms with Crippen molar-refractivity contribution in [3.8, 4) is 11.8 Å². The number of ether oxygens (including phenoxy) is 1. The first kappa shape index (κ1) is 10.3. The molecule has 0 fully saturated rings. The molecular weight excluding hydrogens is 202 g/mol. The zero-order valence-corrected chi connectivity index (χ0v) is 6.60. The third-order valence-electron chi connectivity index (χ3n) is 1.31. The van der Waals surface area contributed by atoms with Gasteiger partial charge in [0.1, 0.15) is 6.07 Å². The third-order valence-corrected chi connectivity index (χ3v) is 1.31. The molecule has 6 heteroatoms. The van der Waals surface area contributed by atoms with Gasteiger partial charge in [-0.2, -0.15) is 5.26 Å². The number of halogens is 4. The summed E-state index contributed by atoms with van der Waals surface area (Å²) in [5.74, 6) is -2.32. The van der Waals surface area contributed by atoms with E-state index in [2.05, 4.69) is 4.74 Å². The number of nitriles is 1. The van der Waals surface area contributed by atoms with Crippen molar-refractivity contribution in [2.75, 3.05) is 0 Å². The number of hydrogen-bond acceptors (Lipinski definition) is 2. The van der Waals surface area contributed by atoms with E-state index in [1.54, 1.807) is 0 Å². The molecule has 0 saturated heterocycles. The molecule has 1 aromatic carbocycles. The van der Waals surface area contributed by atoms with Crippen LogP contribution in [0, 0.1) is 17.1 Å². The fourth-order valence-electron chi connectivity index (χ4n) is 0.816. The van der Waals surface area contributed by atoms with Gasteiger partial charge >= 0.3 is 6.36 Å². The molecule has 0 atom stereocenters. The van der Waals surface area contributed by atoms with Crippen LogP contribution in [0.1, 0.15) is 5.56 Å². The lowest BCUT2D eigenvalue weighted by Gasteiger charge is -2.10. The summed E-state index contributed by atoms with van der Waals surface area (Å²) in [6.07, 6.45) is -5.01. The van der Waals surface area contributed by atoms with Crippen LogP contribution in [-0.2, 0) is 0 Å². The van der Waals surface area contributed by atoms with Gasteiger partial charge in [0.05, 0.1) is 5.56 Å². The topological polar surface area (TPSA) is 33.0 Å². The van der Waals surface area contributed by atoms with Gasteiger partial charge in [-0.15, -0.1) is 13.2 Å². The summed E-state index contributed by atoms with van der Waals surface area (Å²) < 4.78 is 51.4. The van der Waals surface area contributed by atoms with Crippen LogP contribution in [0.15, 0.2) is 18.2 Å². The highest BCUT2D eigenvalue weighted by molar-refractivity contribution is 5.43. The molecule has 0 unspecified atom stereocenters. The minimum atomic E-state index is -5.01. The lowest BCUT2D eigenvalue weighted by molar-refractivity contribution is -0.275. The highest BCUT2D eigenvalue weighted by Crippen LogP contribution is 2.28. The maximum Gasteiger partial charge on any atom is 0.573 e. The van der Waals surface area contributed by atoms with Crippen molar-refractivity contribution in [3.63, 3.8) is 0 Å². The maximum atomic E-state index is 12.8. The normalized spacial score (nSPS) is 10.8. The molecule has 0 N–H and O–H groups in total. The molecule has 1 rings (SSSR count). The van der Waals surface area contributed by atoms with Gasteiger partial charge in [0.2, 0.25) is 0 Å². The predicted molar refractivity (Wildman–Crippen MR) is 37.8 cm³/mol. The van der Waals surface area contributed by atoms with Gasteiger partial charge in [-0.1, -0.05) is 6.07 Å². The first-order chi connectivity index (χ1) is 6.44. The number of benzene rings is 1. The Morgan fingerprint density at radius 1 is 1.29 bits per heavy atom. The first-order valence-corrected chi connectivity index (χ1v) is 3.38. The Labute approximate surface area is 76.3 Å². The molecule has 0 aliphatic carbocycles. The number of nitrogens with zero attached hydrogens (tertiary/aromatic N) is 1. The molecule has 0 bridgehead atoms. The van der Waals surface area contributed by atoms with Crippen molar-refractivity contribution in [3.05, 3.63) is 29.6 Å². The second-order valence-electron chi connectivity index (χ2n) is 2.28. The van der Waals surface area contributed by atoms with Crippen molar-refractivity contribution in [2.24, 2.45) is 0 Å². The predicted octanol–water partition coefficient (Wildman–Crippen LogP) is 2.60. The summed E-state index contributed by atoms with van der Waals surface area (Å²) in [5.41, 5.74) is -0.498. The van der Waals surface area contributed by atoms with Crippen LogP contribution < -0.4 is 4.74 Å². The molecular formula is C8H3F4NO. The van der Waals surface area contributed by atoms with Crippen LogP contribution in [0.4, 0.5) is 17.6 Å². The van der Waals surface area contributed by atoms with Crippen LogP contribution in [-0.4, -0.2) is 6.36 Å². The molecule has 0 saturated carbocycles. The largest absolute Gasteiger partial charge is 0.573 e. The lowest BCUT2D eigenvalue weighted by Crippen LogP contribution is -2.18. The van der Waals surface area contributed by atoms with Gasteiger partial charge in [0.15, 0.2) is 11.6 Å². The van der Waals surface area contributed by atoms with Crippen molar-refractivity contribution < 1.29 is 22.3 Å². The molecule has 0 heterocycles. The van der Waals surface area contributed by atoms with Gasteiger partial charge in [0.25, 0.3) is 0 Å². The van der Waals surface area contributed by atoms with Crippen LogP contribution in [0.2, 0.25) is 0 Å². The fraction of sp³-hybridized carbons (Fsp3) is 0.125. The quantitative estimate of drug-likeness (QED) is 0.660. The van der Waals surface area contributed by atoms with E-state index in [1.165, 1.54) is 6.07 Å². The van der Waals surface area contributed by atoms with E-state index < -0.39 is 23.5 Å². The molecule has 14 heavy (non-hydrogen) atoms. The molecule has 0 spiro atoms. The Hall–Kier alpha value is -1.77. The van der Waals surface area contributed by atoms with Gasteiger partial charge in [-0.25, -0.2) is 4.39 Å². The highest BCUT2D eigenvalue weighted by Gasteiger charge is 2.33. The smallest absolute Gasteiger partial charge is 0.401 e. The summed E-state index contributed by atoms with van der Waals surface area (Å²) in [7, 11) is 0. The Morgan fingerprint density at radius 3 is 2.43 bits per heavy atom. The molecule has 74 valence electrons. The van der Waals surface area contributed by atoms with Crippen LogP contribution in [0.3, 0.4) is 0 Å². The summed E-state index contributed by atoms with van der Waals surface area (Å²) in [6.45, 7) is 0. The molecule has 1 aromatic rings. The van der Waals surface area contributed by atoms with E-state index in [9.17, 15) is 17.6 Å². The maximum absolute atomic E-state index is 12.8. The minimum Gasteiger partial charge on any atom is -0.401 e. The Balaban J connectivity index is 3.13. The molecule has 0 aliphatic rings. The molecule has 0 amide bonds. The van der Waals surface area contributed by atoms with E-state index >= 15 is 0 Å². The van der Waals surface area contributed by atoms with E-state index in [4.69, 9.17) is 5.26 Å². The number of rotatable bonds is 1. The number of para-hydroxylation sites is 1. The van der Waals surface area contributed by atoms with Crippen LogP contribution >= 0.6 is 0 Å². The molecule has 0 aliphatic heterocycles. The van der Waals surface area contributed by atoms with Crippen molar-refractivity contribution >= 4 is 0 Å². The summed E-state index contributed by atoms with van der Waals surface area (Å²) >= 11 is 0. The van der Waals surface area contributed by atoms with Gasteiger partial charge < -0.3 is 4.74 Å². The molecule has 0 aromatic heterocycles. The van der Waals surface area contributed by atoms with Crippen molar-refractivity contribution in [2.45, 2.75) is 6.36 Å². The summed E-state index contributed by atoms with van der Waals surface area (Å²) in [6, 6.07) is 4.33. The Morgan fingerprint density at radius 2 is 1.93 bits per heavy atom. The van der Waals surface area contributed by atoms with Crippen LogP contribution in [0.5, 0.6) is 5.75 Å². The molecule has 2 nitrogen and oxygen atoms in total. The van der Waals surface area contributed by atoms with E-state index in [1.807, 2.05) is 0 Å². The monoisotopic (exact) mass is 205 g/mol. The van der Waals surface area contributed by atoms with Gasteiger partial charge in [0, 0.05) is 0 Å². The van der Waals surface area contributed by atoms with E-state index in [0.29, 0.717) is 0 Å². The van der Waals surface area contributed by atoms with Crippen LogP contribution in [0.25, 0.3) is 0 Å². The minimum absolute atomic E-state index is 0.498. The second-order valence-corrected chi connectivity index (χ2v) is 2.28. The Bertz CT molecular complexity index is 380. The number of hydrogen-bond donors (Lipinski definition) is 0. The molecule has 0 radical (unpaired) electrons. The zero-order chi connectivity index (χ0) is 10.8. The first-order valence-electron chi connectivity index (χ1n) is 3.38. The van der Waals surface area contributed by atoms with E-state index in [-0.39, 0.29) is 0 Å². The highest BCUT2D eigenvalue weighted by atomic mass is 19.4. The Kier molecular flexibility index (Phi) is 2.60.